The van der Waals surface area contributed by atoms with Crippen molar-refractivity contribution in [3.63, 3.8) is 0 Å². The van der Waals surface area contributed by atoms with Gasteiger partial charge in [-0.3, -0.25) is 9.59 Å². The van der Waals surface area contributed by atoms with E-state index >= 15 is 0 Å². The number of carboxylic acid groups (broad SMARTS) is 1. The molecular weight excluding hydrogens is 328 g/mol. The van der Waals surface area contributed by atoms with Crippen molar-refractivity contribution >= 4 is 16.9 Å². The van der Waals surface area contributed by atoms with E-state index in [4.69, 9.17) is 9.52 Å². The molecule has 0 bridgehead atoms. The maximum absolute atomic E-state index is 12.9. The van der Waals surface area contributed by atoms with E-state index in [1.807, 2.05) is 0 Å². The third kappa shape index (κ3) is 3.12. The highest BCUT2D eigenvalue weighted by Crippen LogP contribution is 2.32. The van der Waals surface area contributed by atoms with Gasteiger partial charge in [0.25, 0.3) is 0 Å². The van der Waals surface area contributed by atoms with Crippen molar-refractivity contribution in [2.75, 3.05) is 0 Å². The summed E-state index contributed by atoms with van der Waals surface area (Å²) in [5.74, 6) is -1.65. The van der Waals surface area contributed by atoms with Crippen molar-refractivity contribution in [1.29, 1.82) is 0 Å². The van der Waals surface area contributed by atoms with Gasteiger partial charge in [-0.05, 0) is 17.7 Å². The lowest BCUT2D eigenvalue weighted by Gasteiger charge is -2.11. The number of hydrogen-bond acceptors (Lipinski definition) is 6. The first-order valence-corrected chi connectivity index (χ1v) is 7.39. The molecule has 0 saturated carbocycles. The van der Waals surface area contributed by atoms with Gasteiger partial charge in [-0.1, -0.05) is 12.1 Å². The second-order valence-electron chi connectivity index (χ2n) is 5.51. The first-order chi connectivity index (χ1) is 11.9. The fraction of sp³-hybridized carbons (Fsp3) is 0.111. The standard InChI is InChI=1S/C18H14O7/c19-10-3-1-9(2-4-10)16-13(5-6-15(22)23)25-14-8-11(20)7-12(21)17(14)18(16)24/h1-4,7-8,19-21H,5-6H2,(H,22,23). The maximum atomic E-state index is 12.9. The van der Waals surface area contributed by atoms with E-state index in [2.05, 4.69) is 0 Å². The molecule has 0 saturated heterocycles. The molecule has 2 aromatic carbocycles. The smallest absolute Gasteiger partial charge is 0.303 e. The van der Waals surface area contributed by atoms with Gasteiger partial charge in [0.05, 0.1) is 12.0 Å². The minimum absolute atomic E-state index is 0.00813. The van der Waals surface area contributed by atoms with E-state index in [9.17, 15) is 24.9 Å². The predicted molar refractivity (Wildman–Crippen MR) is 88.9 cm³/mol. The number of carboxylic acids is 1. The zero-order valence-electron chi connectivity index (χ0n) is 12.9. The molecule has 0 aliphatic rings. The zero-order chi connectivity index (χ0) is 18.1. The van der Waals surface area contributed by atoms with Gasteiger partial charge >= 0.3 is 5.97 Å². The van der Waals surface area contributed by atoms with Gasteiger partial charge in [0.15, 0.2) is 0 Å². The summed E-state index contributed by atoms with van der Waals surface area (Å²) >= 11 is 0. The number of rotatable bonds is 4. The Morgan fingerprint density at radius 2 is 1.68 bits per heavy atom. The molecular formula is C18H14O7. The molecule has 0 aliphatic heterocycles. The Labute approximate surface area is 141 Å². The van der Waals surface area contributed by atoms with E-state index in [-0.39, 0.29) is 46.6 Å². The fourth-order valence-electron chi connectivity index (χ4n) is 2.65. The minimum atomic E-state index is -1.06. The predicted octanol–water partition coefficient (Wildman–Crippen LogP) is 2.59. The Bertz CT molecular complexity index is 1020. The Kier molecular flexibility index (Phi) is 4.06. The normalized spacial score (nSPS) is 10.9. The summed E-state index contributed by atoms with van der Waals surface area (Å²) < 4.78 is 5.62. The second kappa shape index (κ2) is 6.20. The van der Waals surface area contributed by atoms with Crippen LogP contribution in [-0.4, -0.2) is 26.4 Å². The maximum Gasteiger partial charge on any atom is 0.303 e. The van der Waals surface area contributed by atoms with Gasteiger partial charge in [-0.25, -0.2) is 0 Å². The number of phenolic OH excluding ortho intramolecular Hbond substituents is 3. The van der Waals surface area contributed by atoms with Crippen LogP contribution in [0.2, 0.25) is 0 Å². The summed E-state index contributed by atoms with van der Waals surface area (Å²) in [4.78, 5) is 23.8. The molecule has 0 radical (unpaired) electrons. The number of benzene rings is 2. The molecule has 0 unspecified atom stereocenters. The molecule has 0 fully saturated rings. The molecule has 7 nitrogen and oxygen atoms in total. The van der Waals surface area contributed by atoms with Crippen LogP contribution in [0, 0.1) is 0 Å². The molecule has 128 valence electrons. The molecule has 0 aliphatic carbocycles. The van der Waals surface area contributed by atoms with Crippen LogP contribution in [0.15, 0.2) is 45.6 Å². The van der Waals surface area contributed by atoms with Crippen LogP contribution >= 0.6 is 0 Å². The van der Waals surface area contributed by atoms with Gasteiger partial charge in [0.2, 0.25) is 5.43 Å². The van der Waals surface area contributed by atoms with Crippen LogP contribution in [-0.2, 0) is 11.2 Å². The van der Waals surface area contributed by atoms with Crippen molar-refractivity contribution in [3.8, 4) is 28.4 Å². The van der Waals surface area contributed by atoms with E-state index in [0.29, 0.717) is 5.56 Å². The van der Waals surface area contributed by atoms with Gasteiger partial charge in [0, 0.05) is 18.6 Å². The zero-order valence-corrected chi connectivity index (χ0v) is 12.9. The number of aryl methyl sites for hydroxylation is 1. The monoisotopic (exact) mass is 342 g/mol. The lowest BCUT2D eigenvalue weighted by atomic mass is 9.99. The summed E-state index contributed by atoms with van der Waals surface area (Å²) in [6.45, 7) is 0. The van der Waals surface area contributed by atoms with Gasteiger partial charge in [-0.15, -0.1) is 0 Å². The van der Waals surface area contributed by atoms with E-state index < -0.39 is 17.1 Å². The summed E-state index contributed by atoms with van der Waals surface area (Å²) in [5.41, 5.74) is -0.0636. The summed E-state index contributed by atoms with van der Waals surface area (Å²) in [6, 6.07) is 7.97. The molecule has 3 aromatic rings. The van der Waals surface area contributed by atoms with Crippen molar-refractivity contribution < 1.29 is 29.6 Å². The topological polar surface area (TPSA) is 128 Å². The van der Waals surface area contributed by atoms with Crippen LogP contribution in [0.5, 0.6) is 17.2 Å². The van der Waals surface area contributed by atoms with E-state index in [1.165, 1.54) is 30.3 Å². The third-order valence-electron chi connectivity index (χ3n) is 3.75. The van der Waals surface area contributed by atoms with E-state index in [0.717, 1.165) is 6.07 Å². The fourth-order valence-corrected chi connectivity index (χ4v) is 2.65. The highest BCUT2D eigenvalue weighted by molar-refractivity contribution is 5.89. The lowest BCUT2D eigenvalue weighted by Crippen LogP contribution is -2.10. The first kappa shape index (κ1) is 16.4. The van der Waals surface area contributed by atoms with Crippen LogP contribution in [0.3, 0.4) is 0 Å². The molecule has 0 atom stereocenters. The Morgan fingerprint density at radius 1 is 1.00 bits per heavy atom. The van der Waals surface area contributed by atoms with Crippen LogP contribution in [0.1, 0.15) is 12.2 Å². The average Bonchev–Trinajstić information content (AvgIpc) is 2.53. The molecule has 1 aromatic heterocycles. The molecule has 4 N–H and O–H groups in total. The summed E-state index contributed by atoms with van der Waals surface area (Å²) in [5, 5.41) is 37.8. The first-order valence-electron chi connectivity index (χ1n) is 7.39. The van der Waals surface area contributed by atoms with Crippen molar-refractivity contribution in [2.45, 2.75) is 12.8 Å². The molecule has 1 heterocycles. The average molecular weight is 342 g/mol. The van der Waals surface area contributed by atoms with Crippen molar-refractivity contribution in [1.82, 2.24) is 0 Å². The number of aliphatic carboxylic acids is 1. The highest BCUT2D eigenvalue weighted by Gasteiger charge is 2.20. The molecule has 7 heteroatoms. The van der Waals surface area contributed by atoms with Crippen LogP contribution < -0.4 is 5.43 Å². The molecule has 3 rings (SSSR count). The molecule has 0 amide bonds. The molecule has 0 spiro atoms. The number of fused-ring (bicyclic) bond motifs is 1. The van der Waals surface area contributed by atoms with Crippen molar-refractivity contribution in [2.24, 2.45) is 0 Å². The lowest BCUT2D eigenvalue weighted by molar-refractivity contribution is -0.137. The number of aromatic hydroxyl groups is 3. The minimum Gasteiger partial charge on any atom is -0.508 e. The number of carbonyl (C=O) groups is 1. The van der Waals surface area contributed by atoms with Gasteiger partial charge in [-0.2, -0.15) is 0 Å². The SMILES string of the molecule is O=C(O)CCc1oc2cc(O)cc(O)c2c(=O)c1-c1ccc(O)cc1. The van der Waals surface area contributed by atoms with Gasteiger partial charge < -0.3 is 24.8 Å². The Hall–Kier alpha value is -3.48. The Morgan fingerprint density at radius 3 is 2.32 bits per heavy atom. The van der Waals surface area contributed by atoms with Crippen molar-refractivity contribution in [3.05, 3.63) is 52.4 Å². The highest BCUT2D eigenvalue weighted by atomic mass is 16.4. The quantitative estimate of drug-likeness (QED) is 0.573. The Balaban J connectivity index is 2.32. The van der Waals surface area contributed by atoms with Crippen LogP contribution in [0.4, 0.5) is 0 Å². The summed E-state index contributed by atoms with van der Waals surface area (Å²) in [7, 11) is 0. The second-order valence-corrected chi connectivity index (χ2v) is 5.51. The molecule has 25 heavy (non-hydrogen) atoms. The largest absolute Gasteiger partial charge is 0.508 e. The third-order valence-corrected chi connectivity index (χ3v) is 3.75. The summed E-state index contributed by atoms with van der Waals surface area (Å²) in [6.07, 6.45) is -0.308. The van der Waals surface area contributed by atoms with Crippen LogP contribution in [0.25, 0.3) is 22.1 Å². The van der Waals surface area contributed by atoms with E-state index in [1.54, 1.807) is 0 Å². The number of phenols is 3. The number of hydrogen-bond donors (Lipinski definition) is 4. The van der Waals surface area contributed by atoms with Gasteiger partial charge in [0.1, 0.15) is 34.0 Å².